The number of carbonyl (C=O) groups is 1. The number of halogens is 1. The number of nitrogens with zero attached hydrogens (tertiary/aromatic N) is 2. The zero-order valence-corrected chi connectivity index (χ0v) is 10.7. The van der Waals surface area contributed by atoms with Crippen LogP contribution in [0.4, 0.5) is 10.7 Å². The van der Waals surface area contributed by atoms with Crippen LogP contribution in [0.1, 0.15) is 10.5 Å². The van der Waals surface area contributed by atoms with Crippen LogP contribution in [0.25, 0.3) is 10.6 Å². The fraction of sp³-hybridized carbons (Fsp3) is 0. The highest BCUT2D eigenvalue weighted by Gasteiger charge is 2.18. The number of nitrogens with two attached hydrogens (primary N) is 1. The summed E-state index contributed by atoms with van der Waals surface area (Å²) in [5.41, 5.74) is 5.40. The molecule has 0 unspecified atom stereocenters. The van der Waals surface area contributed by atoms with Gasteiger partial charge in [-0.25, -0.2) is 9.78 Å². The topological polar surface area (TPSA) is 119 Å². The molecule has 0 saturated carbocycles. The number of aromatic nitrogens is 1. The number of benzene rings is 1. The molecule has 0 aliphatic heterocycles. The summed E-state index contributed by atoms with van der Waals surface area (Å²) in [5.74, 6) is -1.25. The van der Waals surface area contributed by atoms with Crippen LogP contribution in [-0.2, 0) is 0 Å². The fourth-order valence-corrected chi connectivity index (χ4v) is 2.45. The number of carboxylic acid groups (broad SMARTS) is 1. The first-order valence-corrected chi connectivity index (χ1v) is 6.03. The second-order valence-electron chi connectivity index (χ2n) is 3.49. The number of nitro groups is 1. The van der Waals surface area contributed by atoms with Crippen LogP contribution in [0.15, 0.2) is 18.2 Å². The van der Waals surface area contributed by atoms with Crippen molar-refractivity contribution in [3.63, 3.8) is 0 Å². The lowest BCUT2D eigenvalue weighted by Gasteiger charge is -1.98. The van der Waals surface area contributed by atoms with Crippen molar-refractivity contribution in [2.24, 2.45) is 0 Å². The van der Waals surface area contributed by atoms with Gasteiger partial charge in [-0.1, -0.05) is 22.9 Å². The van der Waals surface area contributed by atoms with Crippen molar-refractivity contribution in [2.45, 2.75) is 0 Å². The van der Waals surface area contributed by atoms with Crippen molar-refractivity contribution >= 4 is 39.6 Å². The molecular weight excluding hydrogens is 294 g/mol. The summed E-state index contributed by atoms with van der Waals surface area (Å²) in [4.78, 5) is 24.8. The van der Waals surface area contributed by atoms with Gasteiger partial charge in [0.25, 0.3) is 5.69 Å². The molecule has 1 heterocycles. The maximum atomic E-state index is 10.8. The van der Waals surface area contributed by atoms with Gasteiger partial charge in [0.2, 0.25) is 0 Å². The van der Waals surface area contributed by atoms with Crippen LogP contribution < -0.4 is 5.73 Å². The molecule has 2 rings (SSSR count). The second kappa shape index (κ2) is 4.82. The van der Waals surface area contributed by atoms with Gasteiger partial charge in [-0.3, -0.25) is 10.1 Å². The predicted octanol–water partition coefficient (Wildman–Crippen LogP) is 2.65. The monoisotopic (exact) mass is 299 g/mol. The third-order valence-corrected chi connectivity index (χ3v) is 3.35. The van der Waals surface area contributed by atoms with Crippen molar-refractivity contribution < 1.29 is 14.8 Å². The Labute approximate surface area is 115 Å². The Hall–Kier alpha value is -2.19. The number of thiazole rings is 1. The first kappa shape index (κ1) is 13.2. The molecule has 98 valence electrons. The number of nitro benzene ring substituents is 1. The van der Waals surface area contributed by atoms with E-state index in [1.54, 1.807) is 0 Å². The molecule has 2 aromatic rings. The van der Waals surface area contributed by atoms with Crippen molar-refractivity contribution in [2.75, 3.05) is 5.73 Å². The molecule has 9 heteroatoms. The Morgan fingerprint density at radius 2 is 2.16 bits per heavy atom. The minimum absolute atomic E-state index is 0.0325. The van der Waals surface area contributed by atoms with Crippen LogP contribution in [0.2, 0.25) is 5.02 Å². The standard InChI is InChI=1S/C10H6ClN3O4S/c11-5-1-4(2-6(3-5)14(17)18)9-13-7(10(15)16)8(12)19-9/h1-3H,12H2,(H,15,16). The largest absolute Gasteiger partial charge is 0.476 e. The predicted molar refractivity (Wildman–Crippen MR) is 70.6 cm³/mol. The SMILES string of the molecule is Nc1sc(-c2cc(Cl)cc([N+](=O)[O-])c2)nc1C(=O)O. The van der Waals surface area contributed by atoms with Gasteiger partial charge in [0, 0.05) is 22.7 Å². The summed E-state index contributed by atoms with van der Waals surface area (Å²) in [7, 11) is 0. The molecule has 1 aromatic heterocycles. The molecule has 7 nitrogen and oxygen atoms in total. The minimum Gasteiger partial charge on any atom is -0.476 e. The van der Waals surface area contributed by atoms with E-state index in [4.69, 9.17) is 22.4 Å². The summed E-state index contributed by atoms with van der Waals surface area (Å²) in [6.45, 7) is 0. The summed E-state index contributed by atoms with van der Waals surface area (Å²) in [6, 6.07) is 3.91. The Balaban J connectivity index is 2.55. The highest BCUT2D eigenvalue weighted by Crippen LogP contribution is 2.33. The first-order valence-electron chi connectivity index (χ1n) is 4.83. The van der Waals surface area contributed by atoms with E-state index in [1.165, 1.54) is 18.2 Å². The van der Waals surface area contributed by atoms with E-state index in [0.717, 1.165) is 11.3 Å². The van der Waals surface area contributed by atoms with Gasteiger partial charge in [0.15, 0.2) is 5.69 Å². The quantitative estimate of drug-likeness (QED) is 0.664. The number of nitrogen functional groups attached to an aromatic ring is 1. The lowest BCUT2D eigenvalue weighted by Crippen LogP contribution is -2.00. The van der Waals surface area contributed by atoms with Crippen molar-refractivity contribution in [1.29, 1.82) is 0 Å². The molecule has 0 saturated heterocycles. The number of aromatic carboxylic acids is 1. The number of hydrogen-bond donors (Lipinski definition) is 2. The van der Waals surface area contributed by atoms with Crippen LogP contribution in [-0.4, -0.2) is 21.0 Å². The Morgan fingerprint density at radius 1 is 1.47 bits per heavy atom. The third kappa shape index (κ3) is 2.64. The molecule has 0 aliphatic rings. The fourth-order valence-electron chi connectivity index (χ4n) is 1.41. The van der Waals surface area contributed by atoms with Crippen LogP contribution in [0.3, 0.4) is 0 Å². The molecule has 0 atom stereocenters. The van der Waals surface area contributed by atoms with Crippen molar-refractivity contribution in [3.8, 4) is 10.6 Å². The van der Waals surface area contributed by atoms with Gasteiger partial charge in [-0.2, -0.15) is 0 Å². The highest BCUT2D eigenvalue weighted by atomic mass is 35.5. The van der Waals surface area contributed by atoms with Crippen LogP contribution in [0.5, 0.6) is 0 Å². The van der Waals surface area contributed by atoms with Crippen LogP contribution >= 0.6 is 22.9 Å². The first-order chi connectivity index (χ1) is 8.88. The van der Waals surface area contributed by atoms with Gasteiger partial charge < -0.3 is 10.8 Å². The smallest absolute Gasteiger partial charge is 0.357 e. The van der Waals surface area contributed by atoms with E-state index < -0.39 is 10.9 Å². The summed E-state index contributed by atoms with van der Waals surface area (Å²) < 4.78 is 0. The molecule has 0 bridgehead atoms. The Bertz CT molecular complexity index is 685. The average Bonchev–Trinajstić information content (AvgIpc) is 2.70. The number of hydrogen-bond acceptors (Lipinski definition) is 6. The van der Waals surface area contributed by atoms with Gasteiger partial charge >= 0.3 is 5.97 Å². The number of anilines is 1. The molecule has 0 aliphatic carbocycles. The lowest BCUT2D eigenvalue weighted by atomic mass is 10.2. The zero-order chi connectivity index (χ0) is 14.2. The van der Waals surface area contributed by atoms with Gasteiger partial charge in [-0.05, 0) is 6.07 Å². The maximum Gasteiger partial charge on any atom is 0.357 e. The van der Waals surface area contributed by atoms with Gasteiger partial charge in [0.05, 0.1) is 4.92 Å². The summed E-state index contributed by atoms with van der Waals surface area (Å²) in [6.07, 6.45) is 0. The second-order valence-corrected chi connectivity index (χ2v) is 4.96. The molecule has 3 N–H and O–H groups in total. The van der Waals surface area contributed by atoms with E-state index in [2.05, 4.69) is 4.98 Å². The Morgan fingerprint density at radius 3 is 2.68 bits per heavy atom. The average molecular weight is 300 g/mol. The van der Waals surface area contributed by atoms with E-state index in [-0.39, 0.29) is 26.4 Å². The molecule has 0 fully saturated rings. The van der Waals surface area contributed by atoms with E-state index in [1.807, 2.05) is 0 Å². The summed E-state index contributed by atoms with van der Waals surface area (Å²) in [5, 5.41) is 20.0. The maximum absolute atomic E-state index is 10.8. The third-order valence-electron chi connectivity index (χ3n) is 2.20. The van der Waals surface area contributed by atoms with Crippen molar-refractivity contribution in [1.82, 2.24) is 4.98 Å². The molecule has 1 aromatic carbocycles. The summed E-state index contributed by atoms with van der Waals surface area (Å²) >= 11 is 6.71. The van der Waals surface area contributed by atoms with E-state index in [0.29, 0.717) is 5.56 Å². The zero-order valence-electron chi connectivity index (χ0n) is 9.16. The molecule has 0 radical (unpaired) electrons. The van der Waals surface area contributed by atoms with Crippen LogP contribution in [0, 0.1) is 10.1 Å². The lowest BCUT2D eigenvalue weighted by molar-refractivity contribution is -0.384. The molecular formula is C10H6ClN3O4S. The molecule has 0 spiro atoms. The van der Waals surface area contributed by atoms with Crippen molar-refractivity contribution in [3.05, 3.63) is 39.0 Å². The van der Waals surface area contributed by atoms with Gasteiger partial charge in [-0.15, -0.1) is 0 Å². The van der Waals surface area contributed by atoms with E-state index in [9.17, 15) is 14.9 Å². The molecule has 19 heavy (non-hydrogen) atoms. The number of carboxylic acids is 1. The van der Waals surface area contributed by atoms with E-state index >= 15 is 0 Å². The Kier molecular flexibility index (Phi) is 3.36. The number of rotatable bonds is 3. The number of non-ortho nitro benzene ring substituents is 1. The normalized spacial score (nSPS) is 10.4. The highest BCUT2D eigenvalue weighted by molar-refractivity contribution is 7.19. The molecule has 0 amide bonds. The minimum atomic E-state index is -1.25. The van der Waals surface area contributed by atoms with Gasteiger partial charge in [0.1, 0.15) is 10.0 Å².